The molecule has 2 rings (SSSR count). The van der Waals surface area contributed by atoms with E-state index < -0.39 is 0 Å². The Kier molecular flexibility index (Phi) is 5.22. The van der Waals surface area contributed by atoms with Crippen LogP contribution in [0.2, 0.25) is 0 Å². The van der Waals surface area contributed by atoms with Gasteiger partial charge in [-0.25, -0.2) is 0 Å². The molecular formula is C16H21NO4. The Balaban J connectivity index is 2.07. The van der Waals surface area contributed by atoms with Crippen molar-refractivity contribution in [2.45, 2.75) is 18.9 Å². The van der Waals surface area contributed by atoms with E-state index >= 15 is 0 Å². The number of carbonyl (C=O) groups excluding carboxylic acids is 1. The lowest BCUT2D eigenvalue weighted by Crippen LogP contribution is -2.34. The van der Waals surface area contributed by atoms with Crippen molar-refractivity contribution in [2.24, 2.45) is 0 Å². The lowest BCUT2D eigenvalue weighted by atomic mass is 10.2. The highest BCUT2D eigenvalue weighted by Gasteiger charge is 2.30. The fourth-order valence-electron chi connectivity index (χ4n) is 2.19. The molecule has 114 valence electrons. The largest absolute Gasteiger partial charge is 0.493 e. The first-order chi connectivity index (χ1) is 10.2. The van der Waals surface area contributed by atoms with E-state index in [-0.39, 0.29) is 12.5 Å². The Morgan fingerprint density at radius 3 is 2.62 bits per heavy atom. The quantitative estimate of drug-likeness (QED) is 0.777. The molecule has 5 heteroatoms. The first-order valence-corrected chi connectivity index (χ1v) is 7.01. The van der Waals surface area contributed by atoms with Crippen LogP contribution in [0.25, 0.3) is 6.08 Å². The van der Waals surface area contributed by atoms with Crippen LogP contribution < -0.4 is 9.47 Å². The van der Waals surface area contributed by atoms with Crippen molar-refractivity contribution in [3.63, 3.8) is 0 Å². The summed E-state index contributed by atoms with van der Waals surface area (Å²) >= 11 is 0. The SMILES string of the molecule is COc1ccc(/C=C/C(=O)N(CCO)C2CC2)cc1OC. The van der Waals surface area contributed by atoms with Crippen LogP contribution in [0.4, 0.5) is 0 Å². The highest BCUT2D eigenvalue weighted by atomic mass is 16.5. The molecule has 0 heterocycles. The van der Waals surface area contributed by atoms with Crippen molar-refractivity contribution in [1.82, 2.24) is 4.90 Å². The van der Waals surface area contributed by atoms with E-state index in [1.54, 1.807) is 31.3 Å². The van der Waals surface area contributed by atoms with Crippen LogP contribution >= 0.6 is 0 Å². The first-order valence-electron chi connectivity index (χ1n) is 7.01. The van der Waals surface area contributed by atoms with E-state index in [0.29, 0.717) is 24.1 Å². The Bertz CT molecular complexity index is 523. The van der Waals surface area contributed by atoms with E-state index in [2.05, 4.69) is 0 Å². The molecule has 0 aromatic heterocycles. The number of nitrogens with zero attached hydrogens (tertiary/aromatic N) is 1. The predicted octanol–water partition coefficient (Wildman–Crippen LogP) is 1.70. The Morgan fingerprint density at radius 1 is 1.33 bits per heavy atom. The average Bonchev–Trinajstić information content (AvgIpc) is 3.34. The van der Waals surface area contributed by atoms with Gasteiger partial charge < -0.3 is 19.5 Å². The minimum Gasteiger partial charge on any atom is -0.493 e. The van der Waals surface area contributed by atoms with Crippen molar-refractivity contribution in [3.05, 3.63) is 29.8 Å². The van der Waals surface area contributed by atoms with Gasteiger partial charge in [-0.15, -0.1) is 0 Å². The summed E-state index contributed by atoms with van der Waals surface area (Å²) in [5, 5.41) is 9.03. The van der Waals surface area contributed by atoms with Gasteiger partial charge in [0, 0.05) is 18.7 Å². The van der Waals surface area contributed by atoms with Crippen LogP contribution in [0.5, 0.6) is 11.5 Å². The molecule has 0 saturated heterocycles. The van der Waals surface area contributed by atoms with E-state index in [0.717, 1.165) is 18.4 Å². The van der Waals surface area contributed by atoms with Crippen LogP contribution in [0, 0.1) is 0 Å². The average molecular weight is 291 g/mol. The summed E-state index contributed by atoms with van der Waals surface area (Å²) in [5.41, 5.74) is 0.862. The number of methoxy groups -OCH3 is 2. The first kappa shape index (κ1) is 15.4. The van der Waals surface area contributed by atoms with Gasteiger partial charge in [0.15, 0.2) is 11.5 Å². The maximum Gasteiger partial charge on any atom is 0.246 e. The van der Waals surface area contributed by atoms with Crippen molar-refractivity contribution in [1.29, 1.82) is 0 Å². The zero-order valence-electron chi connectivity index (χ0n) is 12.4. The van der Waals surface area contributed by atoms with Crippen LogP contribution in [0.15, 0.2) is 24.3 Å². The summed E-state index contributed by atoms with van der Waals surface area (Å²) < 4.78 is 10.4. The number of amides is 1. The molecule has 1 N–H and O–H groups in total. The van der Waals surface area contributed by atoms with Crippen molar-refractivity contribution in [3.8, 4) is 11.5 Å². The molecule has 0 atom stereocenters. The topological polar surface area (TPSA) is 59.0 Å². The van der Waals surface area contributed by atoms with Gasteiger partial charge in [0.2, 0.25) is 5.91 Å². The molecule has 1 amide bonds. The van der Waals surface area contributed by atoms with Crippen molar-refractivity contribution < 1.29 is 19.4 Å². The van der Waals surface area contributed by atoms with E-state index in [4.69, 9.17) is 14.6 Å². The number of benzene rings is 1. The summed E-state index contributed by atoms with van der Waals surface area (Å²) in [6, 6.07) is 5.77. The summed E-state index contributed by atoms with van der Waals surface area (Å²) in [6.07, 6.45) is 5.33. The van der Waals surface area contributed by atoms with Crippen LogP contribution in [0.1, 0.15) is 18.4 Å². The molecule has 1 aliphatic rings. The molecule has 1 aromatic carbocycles. The smallest absolute Gasteiger partial charge is 0.246 e. The minimum absolute atomic E-state index is 0.00750. The highest BCUT2D eigenvalue weighted by molar-refractivity contribution is 5.92. The second-order valence-electron chi connectivity index (χ2n) is 4.93. The number of hydrogen-bond acceptors (Lipinski definition) is 4. The molecule has 0 unspecified atom stereocenters. The lowest BCUT2D eigenvalue weighted by molar-refractivity contribution is -0.127. The second-order valence-corrected chi connectivity index (χ2v) is 4.93. The third-order valence-corrected chi connectivity index (χ3v) is 3.44. The van der Waals surface area contributed by atoms with Gasteiger partial charge in [0.1, 0.15) is 0 Å². The summed E-state index contributed by atoms with van der Waals surface area (Å²) in [7, 11) is 3.16. The van der Waals surface area contributed by atoms with Gasteiger partial charge in [0.25, 0.3) is 0 Å². The maximum atomic E-state index is 12.1. The van der Waals surface area contributed by atoms with Gasteiger partial charge in [-0.3, -0.25) is 4.79 Å². The van der Waals surface area contributed by atoms with Gasteiger partial charge in [-0.2, -0.15) is 0 Å². The highest BCUT2D eigenvalue weighted by Crippen LogP contribution is 2.29. The van der Waals surface area contributed by atoms with Crippen molar-refractivity contribution >= 4 is 12.0 Å². The van der Waals surface area contributed by atoms with Crippen LogP contribution in [-0.4, -0.2) is 49.3 Å². The molecule has 1 saturated carbocycles. The van der Waals surface area contributed by atoms with Gasteiger partial charge in [0.05, 0.1) is 20.8 Å². The predicted molar refractivity (Wildman–Crippen MR) is 80.4 cm³/mol. The van der Waals surface area contributed by atoms with Crippen LogP contribution in [0.3, 0.4) is 0 Å². The van der Waals surface area contributed by atoms with E-state index in [9.17, 15) is 4.79 Å². The zero-order chi connectivity index (χ0) is 15.2. The fraction of sp³-hybridized carbons (Fsp3) is 0.438. The number of hydrogen-bond donors (Lipinski definition) is 1. The number of rotatable bonds is 7. The lowest BCUT2D eigenvalue weighted by Gasteiger charge is -2.19. The number of ether oxygens (including phenoxy) is 2. The zero-order valence-corrected chi connectivity index (χ0v) is 12.4. The molecule has 1 fully saturated rings. The molecule has 21 heavy (non-hydrogen) atoms. The van der Waals surface area contributed by atoms with Gasteiger partial charge >= 0.3 is 0 Å². The number of carbonyl (C=O) groups is 1. The van der Waals surface area contributed by atoms with Crippen LogP contribution in [-0.2, 0) is 4.79 Å². The number of aliphatic hydroxyl groups is 1. The summed E-state index contributed by atoms with van der Waals surface area (Å²) in [4.78, 5) is 13.9. The molecule has 0 bridgehead atoms. The Labute approximate surface area is 124 Å². The summed E-state index contributed by atoms with van der Waals surface area (Å²) in [5.74, 6) is 1.21. The Morgan fingerprint density at radius 2 is 2.05 bits per heavy atom. The molecule has 0 spiro atoms. The fourth-order valence-corrected chi connectivity index (χ4v) is 2.19. The Hall–Kier alpha value is -2.01. The maximum absolute atomic E-state index is 12.1. The van der Waals surface area contributed by atoms with E-state index in [1.165, 1.54) is 6.08 Å². The monoisotopic (exact) mass is 291 g/mol. The number of aliphatic hydroxyl groups excluding tert-OH is 1. The minimum atomic E-state index is -0.0682. The standard InChI is InChI=1S/C16H21NO4/c1-20-14-7-3-12(11-15(14)21-2)4-8-16(19)17(9-10-18)13-5-6-13/h3-4,7-8,11,13,18H,5-6,9-10H2,1-2H3/b8-4+. The molecule has 0 radical (unpaired) electrons. The third-order valence-electron chi connectivity index (χ3n) is 3.44. The third kappa shape index (κ3) is 3.98. The van der Waals surface area contributed by atoms with E-state index in [1.807, 2.05) is 12.1 Å². The molecule has 1 aromatic rings. The summed E-state index contributed by atoms with van der Waals surface area (Å²) in [6.45, 7) is 0.381. The molecular weight excluding hydrogens is 270 g/mol. The normalized spacial score (nSPS) is 14.2. The second kappa shape index (κ2) is 7.13. The van der Waals surface area contributed by atoms with Gasteiger partial charge in [-0.05, 0) is 36.6 Å². The molecule has 5 nitrogen and oxygen atoms in total. The van der Waals surface area contributed by atoms with Crippen molar-refractivity contribution in [2.75, 3.05) is 27.4 Å². The molecule has 1 aliphatic carbocycles. The molecule has 0 aliphatic heterocycles. The van der Waals surface area contributed by atoms with Gasteiger partial charge in [-0.1, -0.05) is 6.07 Å².